The lowest BCUT2D eigenvalue weighted by atomic mass is 10.2. The van der Waals surface area contributed by atoms with Crippen LogP contribution in [-0.4, -0.2) is 36.8 Å². The van der Waals surface area contributed by atoms with E-state index in [1.165, 1.54) is 4.31 Å². The summed E-state index contributed by atoms with van der Waals surface area (Å²) in [5.41, 5.74) is 7.05. The maximum absolute atomic E-state index is 12.8. The van der Waals surface area contributed by atoms with Gasteiger partial charge in [0, 0.05) is 24.5 Å². The Kier molecular flexibility index (Phi) is 3.65. The van der Waals surface area contributed by atoms with Gasteiger partial charge in [0.2, 0.25) is 10.0 Å². The second-order valence-electron chi connectivity index (χ2n) is 5.34. The number of hydrogen-bond acceptors (Lipinski definition) is 4. The molecule has 3 rings (SSSR count). The average Bonchev–Trinajstić information content (AvgIpc) is 2.87. The van der Waals surface area contributed by atoms with Crippen LogP contribution in [0.2, 0.25) is 5.15 Å². The van der Waals surface area contributed by atoms with Gasteiger partial charge < -0.3 is 5.73 Å². The van der Waals surface area contributed by atoms with E-state index in [1.54, 1.807) is 12.1 Å². The molecule has 5 nitrogen and oxygen atoms in total. The topological polar surface area (TPSA) is 76.3 Å². The highest BCUT2D eigenvalue weighted by Crippen LogP contribution is 2.28. The lowest BCUT2D eigenvalue weighted by Gasteiger charge is -2.17. The Hall–Kier alpha value is -1.21. The largest absolute Gasteiger partial charge is 0.326 e. The van der Waals surface area contributed by atoms with E-state index in [9.17, 15) is 8.42 Å². The van der Waals surface area contributed by atoms with E-state index in [-0.39, 0.29) is 10.9 Å². The van der Waals surface area contributed by atoms with E-state index in [2.05, 4.69) is 4.98 Å². The highest BCUT2D eigenvalue weighted by Gasteiger charge is 2.32. The van der Waals surface area contributed by atoms with Crippen LogP contribution in [0.25, 0.3) is 10.9 Å². The summed E-state index contributed by atoms with van der Waals surface area (Å²) in [4.78, 5) is 4.45. The summed E-state index contributed by atoms with van der Waals surface area (Å²) in [6.45, 7) is 2.63. The molecule has 21 heavy (non-hydrogen) atoms. The van der Waals surface area contributed by atoms with E-state index in [1.807, 2.05) is 19.1 Å². The zero-order chi connectivity index (χ0) is 15.2. The van der Waals surface area contributed by atoms with Crippen molar-refractivity contribution in [3.63, 3.8) is 0 Å². The lowest BCUT2D eigenvalue weighted by Crippen LogP contribution is -2.32. The number of aromatic nitrogens is 1. The minimum Gasteiger partial charge on any atom is -0.326 e. The monoisotopic (exact) mass is 325 g/mol. The molecule has 0 amide bonds. The third kappa shape index (κ3) is 2.53. The molecule has 1 saturated heterocycles. The van der Waals surface area contributed by atoms with Crippen LogP contribution in [0, 0.1) is 6.92 Å². The van der Waals surface area contributed by atoms with Crippen molar-refractivity contribution in [2.75, 3.05) is 13.1 Å². The van der Waals surface area contributed by atoms with E-state index in [0.717, 1.165) is 10.9 Å². The predicted octanol–water partition coefficient (Wildman–Crippen LogP) is 1.92. The summed E-state index contributed by atoms with van der Waals surface area (Å²) < 4.78 is 27.0. The summed E-state index contributed by atoms with van der Waals surface area (Å²) in [5, 5.41) is 1.09. The van der Waals surface area contributed by atoms with Gasteiger partial charge in [-0.2, -0.15) is 4.31 Å². The summed E-state index contributed by atoms with van der Waals surface area (Å²) in [6.07, 6.45) is 0.678. The maximum atomic E-state index is 12.8. The first-order chi connectivity index (χ1) is 9.89. The third-order valence-electron chi connectivity index (χ3n) is 3.74. The van der Waals surface area contributed by atoms with Gasteiger partial charge in [0.05, 0.1) is 5.52 Å². The van der Waals surface area contributed by atoms with Crippen molar-refractivity contribution in [2.45, 2.75) is 24.3 Å². The molecule has 0 saturated carbocycles. The number of nitrogens with zero attached hydrogens (tertiary/aromatic N) is 2. The molecule has 1 aromatic carbocycles. The molecule has 0 aliphatic carbocycles. The van der Waals surface area contributed by atoms with Crippen molar-refractivity contribution in [3.8, 4) is 0 Å². The fraction of sp³-hybridized carbons (Fsp3) is 0.357. The van der Waals surface area contributed by atoms with Gasteiger partial charge in [-0.1, -0.05) is 23.7 Å². The molecule has 2 aromatic rings. The van der Waals surface area contributed by atoms with E-state index in [0.29, 0.717) is 30.2 Å². The number of sulfonamides is 1. The van der Waals surface area contributed by atoms with Crippen LogP contribution in [0.5, 0.6) is 0 Å². The number of para-hydroxylation sites is 1. The first-order valence-corrected chi connectivity index (χ1v) is 8.53. The van der Waals surface area contributed by atoms with Crippen molar-refractivity contribution in [3.05, 3.63) is 35.0 Å². The number of nitrogens with two attached hydrogens (primary N) is 1. The Bertz CT molecular complexity index is 807. The second kappa shape index (κ2) is 5.21. The molecule has 0 unspecified atom stereocenters. The number of halogens is 1. The summed E-state index contributed by atoms with van der Waals surface area (Å²) in [7, 11) is -3.60. The highest BCUT2D eigenvalue weighted by molar-refractivity contribution is 7.89. The standard InChI is InChI=1S/C14H16ClN3O2S/c1-9-7-10-3-2-4-12(13(10)17-14(9)15)21(19,20)18-6-5-11(16)8-18/h2-4,7,11H,5-6,8,16H2,1H3/t11-/m0/s1. The SMILES string of the molecule is Cc1cc2cccc(S(=O)(=O)N3CC[C@H](N)C3)c2nc1Cl. The van der Waals surface area contributed by atoms with Crippen LogP contribution < -0.4 is 5.73 Å². The van der Waals surface area contributed by atoms with Crippen molar-refractivity contribution in [1.82, 2.24) is 9.29 Å². The first kappa shape index (κ1) is 14.7. The molecule has 2 N–H and O–H groups in total. The zero-order valence-corrected chi connectivity index (χ0v) is 13.2. The summed E-state index contributed by atoms with van der Waals surface area (Å²) in [6, 6.07) is 6.87. The third-order valence-corrected chi connectivity index (χ3v) is 6.02. The molecule has 0 bridgehead atoms. The van der Waals surface area contributed by atoms with Gasteiger partial charge in [-0.15, -0.1) is 0 Å². The van der Waals surface area contributed by atoms with Crippen molar-refractivity contribution in [1.29, 1.82) is 0 Å². The Morgan fingerprint density at radius 1 is 1.43 bits per heavy atom. The minimum absolute atomic E-state index is 0.103. The number of pyridine rings is 1. The van der Waals surface area contributed by atoms with Crippen LogP contribution in [0.1, 0.15) is 12.0 Å². The number of fused-ring (bicyclic) bond motifs is 1. The maximum Gasteiger partial charge on any atom is 0.245 e. The Morgan fingerprint density at radius 2 is 2.19 bits per heavy atom. The molecular weight excluding hydrogens is 310 g/mol. The Balaban J connectivity index is 2.18. The lowest BCUT2D eigenvalue weighted by molar-refractivity contribution is 0.473. The number of benzene rings is 1. The molecule has 1 aliphatic heterocycles. The summed E-state index contributed by atoms with van der Waals surface area (Å²) >= 11 is 6.05. The minimum atomic E-state index is -3.60. The van der Waals surface area contributed by atoms with Gasteiger partial charge in [-0.05, 0) is 31.0 Å². The van der Waals surface area contributed by atoms with Crippen LogP contribution in [0.15, 0.2) is 29.2 Å². The van der Waals surface area contributed by atoms with Gasteiger partial charge >= 0.3 is 0 Å². The predicted molar refractivity (Wildman–Crippen MR) is 82.8 cm³/mol. The fourth-order valence-electron chi connectivity index (χ4n) is 2.57. The highest BCUT2D eigenvalue weighted by atomic mass is 35.5. The fourth-order valence-corrected chi connectivity index (χ4v) is 4.38. The van der Waals surface area contributed by atoms with Crippen LogP contribution in [-0.2, 0) is 10.0 Å². The molecule has 0 radical (unpaired) electrons. The Labute approximate surface area is 128 Å². The van der Waals surface area contributed by atoms with E-state index >= 15 is 0 Å². The van der Waals surface area contributed by atoms with Crippen molar-refractivity contribution in [2.24, 2.45) is 5.73 Å². The average molecular weight is 326 g/mol. The van der Waals surface area contributed by atoms with Crippen LogP contribution >= 0.6 is 11.6 Å². The van der Waals surface area contributed by atoms with E-state index in [4.69, 9.17) is 17.3 Å². The molecule has 1 atom stereocenters. The molecule has 0 spiro atoms. The molecule has 1 aromatic heterocycles. The van der Waals surface area contributed by atoms with Crippen LogP contribution in [0.3, 0.4) is 0 Å². The van der Waals surface area contributed by atoms with Crippen molar-refractivity contribution < 1.29 is 8.42 Å². The number of rotatable bonds is 2. The van der Waals surface area contributed by atoms with Gasteiger partial charge in [0.15, 0.2) is 0 Å². The number of aryl methyl sites for hydroxylation is 1. The normalized spacial score (nSPS) is 20.2. The molecule has 112 valence electrons. The van der Waals surface area contributed by atoms with Gasteiger partial charge in [0.1, 0.15) is 10.0 Å². The second-order valence-corrected chi connectivity index (χ2v) is 7.60. The van der Waals surface area contributed by atoms with Gasteiger partial charge in [-0.25, -0.2) is 13.4 Å². The van der Waals surface area contributed by atoms with Gasteiger partial charge in [-0.3, -0.25) is 0 Å². The molecular formula is C14H16ClN3O2S. The summed E-state index contributed by atoms with van der Waals surface area (Å²) in [5.74, 6) is 0. The molecule has 1 fully saturated rings. The smallest absolute Gasteiger partial charge is 0.245 e. The molecule has 2 heterocycles. The number of hydrogen-bond donors (Lipinski definition) is 1. The first-order valence-electron chi connectivity index (χ1n) is 6.71. The van der Waals surface area contributed by atoms with Crippen LogP contribution in [0.4, 0.5) is 0 Å². The quantitative estimate of drug-likeness (QED) is 0.856. The van der Waals surface area contributed by atoms with E-state index < -0.39 is 10.0 Å². The van der Waals surface area contributed by atoms with Crippen molar-refractivity contribution >= 4 is 32.5 Å². The van der Waals surface area contributed by atoms with Gasteiger partial charge in [0.25, 0.3) is 0 Å². The molecule has 7 heteroatoms. The Morgan fingerprint density at radius 3 is 2.86 bits per heavy atom. The molecule has 1 aliphatic rings. The zero-order valence-electron chi connectivity index (χ0n) is 11.6.